The van der Waals surface area contributed by atoms with Gasteiger partial charge in [-0.1, -0.05) is 36.4 Å². The van der Waals surface area contributed by atoms with Crippen molar-refractivity contribution in [1.29, 1.82) is 0 Å². The lowest BCUT2D eigenvalue weighted by Crippen LogP contribution is -2.35. The zero-order chi connectivity index (χ0) is 26.3. The topological polar surface area (TPSA) is 129 Å². The number of hydrogen-bond donors (Lipinski definition) is 2. The summed E-state index contributed by atoms with van der Waals surface area (Å²) in [6.45, 7) is 9.20. The molecular formula is C25H32N3O7P. The van der Waals surface area contributed by atoms with Crippen LogP contribution >= 0.6 is 7.75 Å². The van der Waals surface area contributed by atoms with Gasteiger partial charge in [0, 0.05) is 29.8 Å². The summed E-state index contributed by atoms with van der Waals surface area (Å²) in [5, 5.41) is 2.62. The zero-order valence-electron chi connectivity index (χ0n) is 20.3. The number of carbonyl (C=O) groups is 2. The minimum atomic E-state index is -4.05. The highest BCUT2D eigenvalue weighted by atomic mass is 31.2. The van der Waals surface area contributed by atoms with Gasteiger partial charge in [-0.2, -0.15) is 5.09 Å². The molecule has 2 aliphatic rings. The van der Waals surface area contributed by atoms with Crippen LogP contribution in [0.5, 0.6) is 5.75 Å². The molecule has 0 radical (unpaired) electrons. The maximum absolute atomic E-state index is 13.7. The first-order chi connectivity index (χ1) is 17.2. The van der Waals surface area contributed by atoms with E-state index in [0.717, 1.165) is 0 Å². The molecule has 36 heavy (non-hydrogen) atoms. The van der Waals surface area contributed by atoms with E-state index in [1.807, 2.05) is 6.08 Å². The Balaban J connectivity index is 1.80. The molecule has 0 bridgehead atoms. The van der Waals surface area contributed by atoms with Crippen molar-refractivity contribution in [1.82, 2.24) is 9.99 Å². The van der Waals surface area contributed by atoms with Gasteiger partial charge >= 0.3 is 13.7 Å². The highest BCUT2D eigenvalue weighted by molar-refractivity contribution is 7.52. The molecule has 0 saturated carbocycles. The molecule has 6 atom stereocenters. The van der Waals surface area contributed by atoms with E-state index in [1.165, 1.54) is 14.0 Å². The van der Waals surface area contributed by atoms with Crippen molar-refractivity contribution in [3.63, 3.8) is 0 Å². The van der Waals surface area contributed by atoms with Crippen molar-refractivity contribution in [2.75, 3.05) is 13.7 Å². The molecule has 1 unspecified atom stereocenters. The number of ether oxygens (including phenoxy) is 2. The van der Waals surface area contributed by atoms with Gasteiger partial charge < -0.3 is 24.6 Å². The standard InChI is InChI=1S/C25H32N3O7P/c1-5-20-21(6-2)24(28-14-10-11-18(15-28)23(26)29)34-22(20)16-33-36(31,27-17(3)25(30)32-4)35-19-12-8-7-9-13-19/h5-10,12-15,17,20-22,24H,1-2,11,16H2,3-4H3,(H2,26,29)(H,27,31)/t17-,20-,21+,22+,24+,36?/m0/s1. The Bertz CT molecular complexity index is 1070. The van der Waals surface area contributed by atoms with Crippen LogP contribution in [0.2, 0.25) is 0 Å². The van der Waals surface area contributed by atoms with E-state index in [-0.39, 0.29) is 18.4 Å². The van der Waals surface area contributed by atoms with E-state index >= 15 is 0 Å². The van der Waals surface area contributed by atoms with Crippen LogP contribution in [0.25, 0.3) is 0 Å². The lowest BCUT2D eigenvalue weighted by atomic mass is 9.89. The number of benzene rings is 1. The van der Waals surface area contributed by atoms with Crippen molar-refractivity contribution >= 4 is 19.6 Å². The Hall–Kier alpha value is -3.17. The van der Waals surface area contributed by atoms with Crippen molar-refractivity contribution in [3.8, 4) is 5.75 Å². The predicted molar refractivity (Wildman–Crippen MR) is 134 cm³/mol. The van der Waals surface area contributed by atoms with Gasteiger partial charge in [0.2, 0.25) is 5.91 Å². The smallest absolute Gasteiger partial charge is 0.459 e. The van der Waals surface area contributed by atoms with Crippen LogP contribution < -0.4 is 15.3 Å². The Morgan fingerprint density at radius 3 is 2.58 bits per heavy atom. The monoisotopic (exact) mass is 517 g/mol. The molecule has 1 aromatic carbocycles. The van der Waals surface area contributed by atoms with Crippen LogP contribution in [0, 0.1) is 11.8 Å². The summed E-state index contributed by atoms with van der Waals surface area (Å²) in [5.74, 6) is -1.32. The summed E-state index contributed by atoms with van der Waals surface area (Å²) in [4.78, 5) is 25.4. The fourth-order valence-corrected chi connectivity index (χ4v) is 5.55. The number of nitrogens with zero attached hydrogens (tertiary/aromatic N) is 1. The van der Waals surface area contributed by atoms with E-state index in [2.05, 4.69) is 18.2 Å². The molecule has 1 amide bonds. The minimum absolute atomic E-state index is 0.146. The highest BCUT2D eigenvalue weighted by Gasteiger charge is 2.45. The van der Waals surface area contributed by atoms with Gasteiger partial charge in [-0.05, 0) is 25.5 Å². The van der Waals surface area contributed by atoms with E-state index in [0.29, 0.717) is 17.7 Å². The van der Waals surface area contributed by atoms with Gasteiger partial charge in [-0.15, -0.1) is 13.2 Å². The fraction of sp³-hybridized carbons (Fsp3) is 0.360. The number of nitrogens with two attached hydrogens (primary N) is 1. The van der Waals surface area contributed by atoms with Crippen LogP contribution in [-0.4, -0.2) is 48.9 Å². The van der Waals surface area contributed by atoms with E-state index in [4.69, 9.17) is 24.3 Å². The second-order valence-electron chi connectivity index (χ2n) is 8.32. The van der Waals surface area contributed by atoms with Crippen molar-refractivity contribution in [2.24, 2.45) is 17.6 Å². The van der Waals surface area contributed by atoms with Crippen LogP contribution in [0.4, 0.5) is 0 Å². The Morgan fingerprint density at radius 1 is 1.28 bits per heavy atom. The fourth-order valence-electron chi connectivity index (χ4n) is 4.05. The van der Waals surface area contributed by atoms with Gasteiger partial charge in [0.05, 0.1) is 19.8 Å². The van der Waals surface area contributed by atoms with Crippen molar-refractivity contribution in [3.05, 3.63) is 79.7 Å². The van der Waals surface area contributed by atoms with E-state index in [9.17, 15) is 14.2 Å². The summed E-state index contributed by atoms with van der Waals surface area (Å²) in [6.07, 6.45) is 8.06. The number of amides is 1. The first-order valence-electron chi connectivity index (χ1n) is 11.4. The second-order valence-corrected chi connectivity index (χ2v) is 10.0. The molecule has 10 nitrogen and oxygen atoms in total. The van der Waals surface area contributed by atoms with Crippen molar-refractivity contribution < 1.29 is 32.7 Å². The Labute approximate surface area is 211 Å². The third-order valence-electron chi connectivity index (χ3n) is 5.88. The lowest BCUT2D eigenvalue weighted by Gasteiger charge is -2.30. The summed E-state index contributed by atoms with van der Waals surface area (Å²) < 4.78 is 36.1. The number of esters is 1. The minimum Gasteiger partial charge on any atom is -0.468 e. The molecule has 2 heterocycles. The first-order valence-corrected chi connectivity index (χ1v) is 13.0. The number of carbonyl (C=O) groups excluding carboxylic acids is 2. The number of allylic oxidation sites excluding steroid dienone is 1. The molecule has 194 valence electrons. The van der Waals surface area contributed by atoms with Gasteiger partial charge in [-0.3, -0.25) is 14.1 Å². The van der Waals surface area contributed by atoms with Crippen molar-refractivity contribution in [2.45, 2.75) is 31.7 Å². The highest BCUT2D eigenvalue weighted by Crippen LogP contribution is 2.47. The summed E-state index contributed by atoms with van der Waals surface area (Å²) in [6, 6.07) is 7.50. The number of methoxy groups -OCH3 is 1. The predicted octanol–water partition coefficient (Wildman–Crippen LogP) is 3.26. The third kappa shape index (κ3) is 6.53. The summed E-state index contributed by atoms with van der Waals surface area (Å²) in [5.41, 5.74) is 5.90. The molecule has 0 aromatic heterocycles. The maximum Gasteiger partial charge on any atom is 0.459 e. The molecule has 3 rings (SSSR count). The molecule has 2 aliphatic heterocycles. The molecule has 0 spiro atoms. The largest absolute Gasteiger partial charge is 0.468 e. The number of rotatable bonds is 12. The normalized spacial score (nSPS) is 25.8. The molecule has 1 fully saturated rings. The van der Waals surface area contributed by atoms with Gasteiger partial charge in [0.1, 0.15) is 18.0 Å². The first kappa shape index (κ1) is 27.4. The van der Waals surface area contributed by atoms with Gasteiger partial charge in [-0.25, -0.2) is 4.57 Å². The molecule has 1 aromatic rings. The van der Waals surface area contributed by atoms with E-state index < -0.39 is 38.0 Å². The molecule has 0 aliphatic carbocycles. The molecular weight excluding hydrogens is 485 g/mol. The molecule has 3 N–H and O–H groups in total. The number of para-hydroxylation sites is 1. The molecule has 11 heteroatoms. The summed E-state index contributed by atoms with van der Waals surface area (Å²) in [7, 11) is -2.82. The molecule has 1 saturated heterocycles. The lowest BCUT2D eigenvalue weighted by molar-refractivity contribution is -0.142. The number of hydrogen-bond acceptors (Lipinski definition) is 8. The Morgan fingerprint density at radius 2 is 1.97 bits per heavy atom. The van der Waals surface area contributed by atoms with Crippen LogP contribution in [0.15, 0.2) is 79.7 Å². The SMILES string of the molecule is C=C[C@@H]1[C@H](C=C)[C@@H](COP(=O)(N[C@@H](C)C(=O)OC)Oc2ccccc2)O[C@H]1N1C=CCC(C(N)=O)=C1. The van der Waals surface area contributed by atoms with Gasteiger partial charge in [0.15, 0.2) is 0 Å². The van der Waals surface area contributed by atoms with Gasteiger partial charge in [0.25, 0.3) is 0 Å². The second kappa shape index (κ2) is 12.2. The Kier molecular flexibility index (Phi) is 9.28. The maximum atomic E-state index is 13.7. The number of primary amides is 1. The zero-order valence-corrected chi connectivity index (χ0v) is 21.2. The number of nitrogens with one attached hydrogen (secondary N) is 1. The third-order valence-corrected chi connectivity index (χ3v) is 7.52. The average molecular weight is 518 g/mol. The average Bonchev–Trinajstić information content (AvgIpc) is 3.25. The summed E-state index contributed by atoms with van der Waals surface area (Å²) >= 11 is 0. The van der Waals surface area contributed by atoms with Crippen LogP contribution in [-0.2, 0) is 28.2 Å². The van der Waals surface area contributed by atoms with Crippen LogP contribution in [0.3, 0.4) is 0 Å². The quantitative estimate of drug-likeness (QED) is 0.244. The van der Waals surface area contributed by atoms with E-state index in [1.54, 1.807) is 59.8 Å². The van der Waals surface area contributed by atoms with Crippen LogP contribution in [0.1, 0.15) is 13.3 Å².